The lowest BCUT2D eigenvalue weighted by atomic mass is 9.61. The Kier molecular flexibility index (Phi) is 7.22. The molecule has 0 saturated heterocycles. The van der Waals surface area contributed by atoms with Crippen molar-refractivity contribution in [3.05, 3.63) is 58.7 Å². The van der Waals surface area contributed by atoms with Gasteiger partial charge in [-0.15, -0.1) is 0 Å². The van der Waals surface area contributed by atoms with E-state index in [4.69, 9.17) is 9.47 Å². The van der Waals surface area contributed by atoms with E-state index >= 15 is 0 Å². The average Bonchev–Trinajstić information content (AvgIpc) is 3.27. The Hall–Kier alpha value is -2.12. The second-order valence-corrected chi connectivity index (χ2v) is 14.1. The molecule has 0 aromatic heterocycles. The summed E-state index contributed by atoms with van der Waals surface area (Å²) in [6, 6.07) is 14.0. The van der Waals surface area contributed by atoms with Crippen molar-refractivity contribution in [2.45, 2.75) is 97.4 Å². The van der Waals surface area contributed by atoms with Crippen LogP contribution in [0.5, 0.6) is 11.5 Å². The zero-order chi connectivity index (χ0) is 28.3. The van der Waals surface area contributed by atoms with Crippen LogP contribution in [0.1, 0.15) is 89.0 Å². The van der Waals surface area contributed by atoms with Gasteiger partial charge in [-0.1, -0.05) is 32.9 Å². The van der Waals surface area contributed by atoms with Crippen LogP contribution in [0.15, 0.2) is 36.4 Å². The monoisotopic (exact) mass is 548 g/mol. The van der Waals surface area contributed by atoms with Gasteiger partial charge in [-0.05, 0) is 98.1 Å². The quantitative estimate of drug-likeness (QED) is 0.444. The first-order valence-electron chi connectivity index (χ1n) is 15.3. The van der Waals surface area contributed by atoms with Crippen LogP contribution in [0.2, 0.25) is 0 Å². The predicted molar refractivity (Wildman–Crippen MR) is 157 cm³/mol. The van der Waals surface area contributed by atoms with E-state index in [1.54, 1.807) is 0 Å². The smallest absolute Gasteiger partial charge is 0.142 e. The Labute approximate surface area is 240 Å². The molecule has 6 rings (SSSR count). The van der Waals surface area contributed by atoms with Crippen LogP contribution in [0.4, 0.5) is 0 Å². The molecule has 4 atom stereocenters. The summed E-state index contributed by atoms with van der Waals surface area (Å²) in [6.45, 7) is 15.8. The summed E-state index contributed by atoms with van der Waals surface area (Å²) >= 11 is 0. The van der Waals surface area contributed by atoms with E-state index in [0.717, 1.165) is 56.9 Å². The summed E-state index contributed by atoms with van der Waals surface area (Å²) < 4.78 is 12.4. The first kappa shape index (κ1) is 28.0. The molecule has 2 aromatic carbocycles. The fourth-order valence-electron chi connectivity index (χ4n) is 8.42. The van der Waals surface area contributed by atoms with Gasteiger partial charge in [0.25, 0.3) is 0 Å². The predicted octanol–water partition coefficient (Wildman–Crippen LogP) is 5.66. The van der Waals surface area contributed by atoms with Crippen molar-refractivity contribution in [1.29, 1.82) is 0 Å². The molecule has 2 aliphatic heterocycles. The van der Waals surface area contributed by atoms with Crippen molar-refractivity contribution in [2.24, 2.45) is 16.7 Å². The van der Waals surface area contributed by atoms with Gasteiger partial charge in [-0.3, -0.25) is 9.80 Å². The lowest BCUT2D eigenvalue weighted by molar-refractivity contribution is 0.0764. The minimum absolute atomic E-state index is 0.0651. The highest BCUT2D eigenvalue weighted by Crippen LogP contribution is 2.74. The molecule has 2 heterocycles. The lowest BCUT2D eigenvalue weighted by Crippen LogP contribution is -2.38. The number of ether oxygens (including phenoxy) is 2. The maximum Gasteiger partial charge on any atom is 0.142 e. The highest BCUT2D eigenvalue weighted by molar-refractivity contribution is 5.52. The first-order chi connectivity index (χ1) is 19.0. The molecule has 2 N–H and O–H groups in total. The fourth-order valence-corrected chi connectivity index (χ4v) is 8.42. The maximum absolute atomic E-state index is 9.82. The van der Waals surface area contributed by atoms with Crippen molar-refractivity contribution in [3.63, 3.8) is 0 Å². The summed E-state index contributed by atoms with van der Waals surface area (Å²) in [4.78, 5) is 4.60. The molecule has 218 valence electrons. The third-order valence-electron chi connectivity index (χ3n) is 11.1. The highest BCUT2D eigenvalue weighted by atomic mass is 16.5. The van der Waals surface area contributed by atoms with E-state index in [1.807, 2.05) is 13.8 Å². The van der Waals surface area contributed by atoms with Crippen molar-refractivity contribution < 1.29 is 19.7 Å². The zero-order valence-corrected chi connectivity index (χ0v) is 25.1. The van der Waals surface area contributed by atoms with Gasteiger partial charge in [-0.2, -0.15) is 0 Å². The molecule has 0 spiro atoms. The highest BCUT2D eigenvalue weighted by Gasteiger charge is 2.67. The maximum atomic E-state index is 9.82. The summed E-state index contributed by atoms with van der Waals surface area (Å²) in [5.74, 6) is 2.54. The molecular weight excluding hydrogens is 500 g/mol. The SMILES string of the molecule is CC(O)CCN1COc2ccc(C3(c4ccc5c(c4)CN(CCC(C)O)CO5)CC4(C)CCC3C4(C)C)cc2C1. The van der Waals surface area contributed by atoms with E-state index in [9.17, 15) is 10.2 Å². The molecular formula is C34H48N2O4. The Morgan fingerprint density at radius 2 is 1.32 bits per heavy atom. The van der Waals surface area contributed by atoms with E-state index in [2.05, 4.69) is 67.0 Å². The topological polar surface area (TPSA) is 65.4 Å². The molecule has 6 heteroatoms. The number of nitrogens with zero attached hydrogens (tertiary/aromatic N) is 2. The van der Waals surface area contributed by atoms with E-state index in [-0.39, 0.29) is 28.5 Å². The molecule has 2 fully saturated rings. The molecule has 0 amide bonds. The Morgan fingerprint density at radius 1 is 0.825 bits per heavy atom. The number of aliphatic hydroxyl groups excluding tert-OH is 2. The second-order valence-electron chi connectivity index (χ2n) is 14.1. The Bertz CT molecular complexity index is 1160. The minimum Gasteiger partial charge on any atom is -0.478 e. The largest absolute Gasteiger partial charge is 0.478 e. The van der Waals surface area contributed by atoms with Crippen LogP contribution in [-0.4, -0.2) is 58.8 Å². The molecule has 2 aliphatic carbocycles. The molecule has 2 aromatic rings. The van der Waals surface area contributed by atoms with Gasteiger partial charge in [0.15, 0.2) is 0 Å². The van der Waals surface area contributed by atoms with E-state index in [0.29, 0.717) is 19.4 Å². The van der Waals surface area contributed by atoms with Crippen LogP contribution in [0.25, 0.3) is 0 Å². The van der Waals surface area contributed by atoms with Gasteiger partial charge >= 0.3 is 0 Å². The van der Waals surface area contributed by atoms with Crippen LogP contribution in [-0.2, 0) is 18.5 Å². The first-order valence-corrected chi connectivity index (χ1v) is 15.3. The Balaban J connectivity index is 1.39. The Morgan fingerprint density at radius 3 is 1.73 bits per heavy atom. The van der Waals surface area contributed by atoms with Gasteiger partial charge in [0.1, 0.15) is 25.0 Å². The number of rotatable bonds is 8. The van der Waals surface area contributed by atoms with E-state index < -0.39 is 0 Å². The average molecular weight is 549 g/mol. The molecule has 2 saturated carbocycles. The standard InChI is InChI=1S/C34H48N2O4/c1-23(37)11-14-35-18-25-16-27(6-8-29(25)39-21-35)34(20-33(5)13-10-31(34)32(33,3)4)28-7-9-30-26(17-28)19-36(22-40-30)15-12-24(2)38/h6-9,16-17,23-24,31,37-38H,10-15,18-22H2,1-5H3. The van der Waals surface area contributed by atoms with Crippen molar-refractivity contribution in [1.82, 2.24) is 9.80 Å². The molecule has 0 radical (unpaired) electrons. The van der Waals surface area contributed by atoms with Crippen LogP contribution in [0, 0.1) is 16.7 Å². The second kappa shape index (κ2) is 10.3. The fraction of sp³-hybridized carbons (Fsp3) is 0.647. The van der Waals surface area contributed by atoms with Gasteiger partial charge in [0.05, 0.1) is 12.2 Å². The minimum atomic E-state index is -0.302. The molecule has 4 unspecified atom stereocenters. The van der Waals surface area contributed by atoms with Gasteiger partial charge in [0, 0.05) is 42.7 Å². The van der Waals surface area contributed by atoms with Crippen molar-refractivity contribution >= 4 is 0 Å². The third kappa shape index (κ3) is 4.65. The van der Waals surface area contributed by atoms with Crippen LogP contribution >= 0.6 is 0 Å². The number of hydrogen-bond acceptors (Lipinski definition) is 6. The molecule has 40 heavy (non-hydrogen) atoms. The summed E-state index contributed by atoms with van der Waals surface area (Å²) in [5.41, 5.74) is 5.79. The zero-order valence-electron chi connectivity index (χ0n) is 25.1. The summed E-state index contributed by atoms with van der Waals surface area (Å²) in [5, 5.41) is 19.6. The summed E-state index contributed by atoms with van der Waals surface area (Å²) in [6.07, 6.45) is 4.58. The number of fused-ring (bicyclic) bond motifs is 4. The van der Waals surface area contributed by atoms with Gasteiger partial charge in [-0.25, -0.2) is 0 Å². The van der Waals surface area contributed by atoms with Gasteiger partial charge < -0.3 is 19.7 Å². The number of hydrogen-bond donors (Lipinski definition) is 2. The van der Waals surface area contributed by atoms with Gasteiger partial charge in [0.2, 0.25) is 0 Å². The molecule has 4 aliphatic rings. The number of aliphatic hydroxyl groups is 2. The normalized spacial score (nSPS) is 30.7. The van der Waals surface area contributed by atoms with Crippen LogP contribution in [0.3, 0.4) is 0 Å². The van der Waals surface area contributed by atoms with E-state index in [1.165, 1.54) is 35.1 Å². The van der Waals surface area contributed by atoms with Crippen LogP contribution < -0.4 is 9.47 Å². The lowest BCUT2D eigenvalue weighted by Gasteiger charge is -2.42. The third-order valence-corrected chi connectivity index (χ3v) is 11.1. The number of benzene rings is 2. The molecule has 6 nitrogen and oxygen atoms in total. The van der Waals surface area contributed by atoms with Crippen molar-refractivity contribution in [3.8, 4) is 11.5 Å². The summed E-state index contributed by atoms with van der Waals surface area (Å²) in [7, 11) is 0. The van der Waals surface area contributed by atoms with Crippen molar-refractivity contribution in [2.75, 3.05) is 26.6 Å². The molecule has 2 bridgehead atoms.